The first-order valence-electron chi connectivity index (χ1n) is 11.2. The highest BCUT2D eigenvalue weighted by atomic mass is 32.2. The largest absolute Gasteiger partial charge is 0.497 e. The minimum Gasteiger partial charge on any atom is -0.497 e. The fourth-order valence-electron chi connectivity index (χ4n) is 4.08. The van der Waals surface area contributed by atoms with Crippen molar-refractivity contribution in [3.05, 3.63) is 42.5 Å². The van der Waals surface area contributed by atoms with Crippen molar-refractivity contribution in [3.8, 4) is 5.75 Å². The number of ether oxygens (including phenoxy) is 2. The van der Waals surface area contributed by atoms with Crippen LogP contribution in [-0.4, -0.2) is 64.3 Å². The summed E-state index contributed by atoms with van der Waals surface area (Å²) in [5, 5.41) is 6.79. The first kappa shape index (κ1) is 23.7. The van der Waals surface area contributed by atoms with Gasteiger partial charge >= 0.3 is 0 Å². The van der Waals surface area contributed by atoms with Crippen LogP contribution in [0.1, 0.15) is 19.3 Å². The van der Waals surface area contributed by atoms with Crippen LogP contribution >= 0.6 is 12.2 Å². The maximum Gasteiger partial charge on any atom is 0.243 e. The van der Waals surface area contributed by atoms with Crippen LogP contribution in [0, 0.1) is 0 Å². The molecule has 0 saturated carbocycles. The highest BCUT2D eigenvalue weighted by Crippen LogP contribution is 2.32. The molecule has 0 bridgehead atoms. The summed E-state index contributed by atoms with van der Waals surface area (Å²) in [6.07, 6.45) is 3.43. The summed E-state index contributed by atoms with van der Waals surface area (Å²) >= 11 is 5.55. The predicted molar refractivity (Wildman–Crippen MR) is 135 cm³/mol. The number of nitrogens with one attached hydrogen (secondary N) is 2. The Morgan fingerprint density at radius 1 is 0.970 bits per heavy atom. The van der Waals surface area contributed by atoms with E-state index in [2.05, 4.69) is 15.5 Å². The summed E-state index contributed by atoms with van der Waals surface area (Å²) in [6, 6.07) is 12.7. The predicted octanol–water partition coefficient (Wildman–Crippen LogP) is 3.52. The molecule has 0 spiro atoms. The fourth-order valence-corrected chi connectivity index (χ4v) is 5.74. The number of rotatable bonds is 6. The van der Waals surface area contributed by atoms with Crippen molar-refractivity contribution in [2.45, 2.75) is 24.2 Å². The van der Waals surface area contributed by atoms with Gasteiger partial charge in [0.15, 0.2) is 5.11 Å². The monoisotopic (exact) mass is 490 g/mol. The summed E-state index contributed by atoms with van der Waals surface area (Å²) in [7, 11) is -2.00. The van der Waals surface area contributed by atoms with Gasteiger partial charge in [0.05, 0.1) is 36.6 Å². The molecule has 2 heterocycles. The molecule has 2 aliphatic heterocycles. The number of thiocarbonyl (C=S) groups is 1. The summed E-state index contributed by atoms with van der Waals surface area (Å²) in [5.41, 5.74) is 2.44. The Bertz CT molecular complexity index is 1060. The van der Waals surface area contributed by atoms with E-state index in [1.54, 1.807) is 19.2 Å². The fraction of sp³-hybridized carbons (Fsp3) is 0.435. The van der Waals surface area contributed by atoms with Crippen LogP contribution in [0.2, 0.25) is 0 Å². The van der Waals surface area contributed by atoms with E-state index >= 15 is 0 Å². The summed E-state index contributed by atoms with van der Waals surface area (Å²) in [6.45, 7) is 3.40. The molecule has 0 aliphatic carbocycles. The van der Waals surface area contributed by atoms with Crippen LogP contribution in [0.4, 0.5) is 17.1 Å². The van der Waals surface area contributed by atoms with E-state index in [9.17, 15) is 8.42 Å². The quantitative estimate of drug-likeness (QED) is 0.596. The van der Waals surface area contributed by atoms with E-state index in [1.165, 1.54) is 10.7 Å². The van der Waals surface area contributed by atoms with Gasteiger partial charge in [0, 0.05) is 31.9 Å². The van der Waals surface area contributed by atoms with Crippen molar-refractivity contribution in [2.24, 2.45) is 0 Å². The standard InChI is InChI=1S/C23H30N4O4S2/c1-30-19-7-5-18(6-8-19)24-23(32)25-21-17-20(33(28,29)27-13-15-31-16-14-27)9-10-22(21)26-11-3-2-4-12-26/h5-10,17H,2-4,11-16H2,1H3,(H2,24,25,32). The zero-order valence-electron chi connectivity index (χ0n) is 18.7. The molecule has 0 radical (unpaired) electrons. The highest BCUT2D eigenvalue weighted by Gasteiger charge is 2.28. The van der Waals surface area contributed by atoms with Crippen LogP contribution in [0.3, 0.4) is 0 Å². The minimum absolute atomic E-state index is 0.250. The van der Waals surface area contributed by atoms with E-state index < -0.39 is 10.0 Å². The zero-order valence-corrected chi connectivity index (χ0v) is 20.4. The van der Waals surface area contributed by atoms with Crippen molar-refractivity contribution in [2.75, 3.05) is 62.0 Å². The van der Waals surface area contributed by atoms with Gasteiger partial charge in [0.1, 0.15) is 5.75 Å². The Kier molecular flexibility index (Phi) is 7.69. The minimum atomic E-state index is -3.62. The molecule has 0 aromatic heterocycles. The number of hydrogen-bond acceptors (Lipinski definition) is 6. The third-order valence-electron chi connectivity index (χ3n) is 5.87. The lowest BCUT2D eigenvalue weighted by atomic mass is 10.1. The van der Waals surface area contributed by atoms with Crippen molar-refractivity contribution in [1.82, 2.24) is 4.31 Å². The molecule has 2 aromatic rings. The molecule has 2 fully saturated rings. The van der Waals surface area contributed by atoms with Gasteiger partial charge < -0.3 is 25.0 Å². The number of sulfonamides is 1. The lowest BCUT2D eigenvalue weighted by Gasteiger charge is -2.31. The van der Waals surface area contributed by atoms with Gasteiger partial charge in [-0.2, -0.15) is 4.31 Å². The third-order valence-corrected chi connectivity index (χ3v) is 7.97. The van der Waals surface area contributed by atoms with Crippen molar-refractivity contribution < 1.29 is 17.9 Å². The third kappa shape index (κ3) is 5.75. The Morgan fingerprint density at radius 3 is 2.33 bits per heavy atom. The van der Waals surface area contributed by atoms with Crippen LogP contribution in [-0.2, 0) is 14.8 Å². The molecule has 178 valence electrons. The molecule has 2 aromatic carbocycles. The number of methoxy groups -OCH3 is 1. The van der Waals surface area contributed by atoms with Crippen LogP contribution < -0.4 is 20.3 Å². The average molecular weight is 491 g/mol. The number of anilines is 3. The van der Waals surface area contributed by atoms with Gasteiger partial charge in [-0.25, -0.2) is 8.42 Å². The molecule has 2 N–H and O–H groups in total. The van der Waals surface area contributed by atoms with E-state index in [4.69, 9.17) is 21.7 Å². The summed E-state index contributed by atoms with van der Waals surface area (Å²) in [4.78, 5) is 2.53. The lowest BCUT2D eigenvalue weighted by Crippen LogP contribution is -2.40. The van der Waals surface area contributed by atoms with Crippen molar-refractivity contribution in [1.29, 1.82) is 0 Å². The number of hydrogen-bond donors (Lipinski definition) is 2. The molecule has 0 atom stereocenters. The number of nitrogens with zero attached hydrogens (tertiary/aromatic N) is 2. The molecule has 0 unspecified atom stereocenters. The normalized spacial score (nSPS) is 17.4. The Hall–Kier alpha value is -2.40. The second kappa shape index (κ2) is 10.7. The highest BCUT2D eigenvalue weighted by molar-refractivity contribution is 7.89. The van der Waals surface area contributed by atoms with E-state index in [-0.39, 0.29) is 4.90 Å². The first-order valence-corrected chi connectivity index (χ1v) is 13.0. The van der Waals surface area contributed by atoms with Gasteiger partial charge in [-0.15, -0.1) is 0 Å². The van der Waals surface area contributed by atoms with Crippen LogP contribution in [0.25, 0.3) is 0 Å². The zero-order chi connectivity index (χ0) is 23.3. The van der Waals surface area contributed by atoms with E-state index in [0.717, 1.165) is 43.1 Å². The van der Waals surface area contributed by atoms with Crippen molar-refractivity contribution in [3.63, 3.8) is 0 Å². The molecule has 0 amide bonds. The molecule has 8 nitrogen and oxygen atoms in total. The maximum atomic E-state index is 13.2. The molecule has 4 rings (SSSR count). The second-order valence-electron chi connectivity index (χ2n) is 8.05. The first-order chi connectivity index (χ1) is 16.0. The Morgan fingerprint density at radius 2 is 1.67 bits per heavy atom. The molecule has 10 heteroatoms. The van der Waals surface area contributed by atoms with Gasteiger partial charge in [-0.3, -0.25) is 0 Å². The number of morpholine rings is 1. The van der Waals surface area contributed by atoms with Gasteiger partial charge in [-0.1, -0.05) is 0 Å². The van der Waals surface area contributed by atoms with Gasteiger partial charge in [0.25, 0.3) is 0 Å². The van der Waals surface area contributed by atoms with Crippen LogP contribution in [0.15, 0.2) is 47.4 Å². The topological polar surface area (TPSA) is 83.1 Å². The molecule has 2 saturated heterocycles. The number of piperidine rings is 1. The van der Waals surface area contributed by atoms with Gasteiger partial charge in [0.2, 0.25) is 10.0 Å². The smallest absolute Gasteiger partial charge is 0.243 e. The molecule has 33 heavy (non-hydrogen) atoms. The maximum absolute atomic E-state index is 13.2. The van der Waals surface area contributed by atoms with E-state index in [1.807, 2.05) is 30.3 Å². The molecular formula is C23H30N4O4S2. The second-order valence-corrected chi connectivity index (χ2v) is 10.4. The number of benzene rings is 2. The Balaban J connectivity index is 1.59. The average Bonchev–Trinajstić information content (AvgIpc) is 2.85. The van der Waals surface area contributed by atoms with Crippen LogP contribution in [0.5, 0.6) is 5.75 Å². The summed E-state index contributed by atoms with van der Waals surface area (Å²) < 4.78 is 38.5. The molecule has 2 aliphatic rings. The van der Waals surface area contributed by atoms with Gasteiger partial charge in [-0.05, 0) is 73.9 Å². The van der Waals surface area contributed by atoms with Crippen molar-refractivity contribution >= 4 is 44.4 Å². The lowest BCUT2D eigenvalue weighted by molar-refractivity contribution is 0.0730. The Labute approximate surface area is 200 Å². The SMILES string of the molecule is COc1ccc(NC(=S)Nc2cc(S(=O)(=O)N3CCOCC3)ccc2N2CCCCC2)cc1. The molecular weight excluding hydrogens is 460 g/mol. The summed E-state index contributed by atoms with van der Waals surface area (Å²) in [5.74, 6) is 0.757. The van der Waals surface area contributed by atoms with E-state index in [0.29, 0.717) is 37.1 Å².